The molecule has 0 saturated carbocycles. The van der Waals surface area contributed by atoms with Crippen LogP contribution in [-0.4, -0.2) is 23.2 Å². The summed E-state index contributed by atoms with van der Waals surface area (Å²) in [6.07, 6.45) is 0. The zero-order valence-electron chi connectivity index (χ0n) is 16.3. The number of aromatic nitrogens is 2. The Kier molecular flexibility index (Phi) is 5.50. The van der Waals surface area contributed by atoms with Crippen molar-refractivity contribution in [1.82, 2.24) is 10.2 Å². The Balaban J connectivity index is 1.57. The first-order valence-corrected chi connectivity index (χ1v) is 9.57. The maximum absolute atomic E-state index is 12.7. The minimum absolute atomic E-state index is 0.336. The first-order chi connectivity index (χ1) is 14.5. The van der Waals surface area contributed by atoms with Gasteiger partial charge >= 0.3 is 0 Å². The van der Waals surface area contributed by atoms with E-state index in [1.165, 1.54) is 7.11 Å². The number of anilines is 1. The van der Waals surface area contributed by atoms with Gasteiger partial charge < -0.3 is 14.5 Å². The molecule has 0 aliphatic heterocycles. The molecule has 0 spiro atoms. The highest BCUT2D eigenvalue weighted by molar-refractivity contribution is 6.31. The lowest BCUT2D eigenvalue weighted by atomic mass is 10.1. The predicted molar refractivity (Wildman–Crippen MR) is 116 cm³/mol. The lowest BCUT2D eigenvalue weighted by Crippen LogP contribution is -2.13. The van der Waals surface area contributed by atoms with Gasteiger partial charge in [-0.3, -0.25) is 4.79 Å². The number of hydrogen-bond donors (Lipinski definition) is 1. The number of carbonyl (C=O) groups is 1. The fourth-order valence-corrected chi connectivity index (χ4v) is 3.11. The molecular weight excluding hydrogens is 402 g/mol. The summed E-state index contributed by atoms with van der Waals surface area (Å²) in [5, 5.41) is 11.6. The first-order valence-electron chi connectivity index (χ1n) is 9.19. The molecule has 0 atom stereocenters. The fourth-order valence-electron chi connectivity index (χ4n) is 2.94. The number of benzene rings is 3. The molecule has 30 heavy (non-hydrogen) atoms. The maximum Gasteiger partial charge on any atom is 0.259 e. The highest BCUT2D eigenvalue weighted by atomic mass is 35.5. The van der Waals surface area contributed by atoms with Crippen molar-refractivity contribution in [2.24, 2.45) is 0 Å². The summed E-state index contributed by atoms with van der Waals surface area (Å²) in [7, 11) is 1.50. The number of ether oxygens (including phenoxy) is 1. The smallest absolute Gasteiger partial charge is 0.259 e. The number of hydrogen-bond acceptors (Lipinski definition) is 5. The van der Waals surface area contributed by atoms with E-state index in [2.05, 4.69) is 15.5 Å². The Morgan fingerprint density at radius 3 is 2.43 bits per heavy atom. The zero-order valence-corrected chi connectivity index (χ0v) is 17.1. The molecule has 6 nitrogen and oxygen atoms in total. The maximum atomic E-state index is 12.7. The molecular formula is C23H18ClN3O3. The normalized spacial score (nSPS) is 10.6. The second kappa shape index (κ2) is 8.39. The lowest BCUT2D eigenvalue weighted by molar-refractivity contribution is 0.102. The van der Waals surface area contributed by atoms with Crippen molar-refractivity contribution in [3.8, 4) is 28.7 Å². The van der Waals surface area contributed by atoms with Crippen LogP contribution in [-0.2, 0) is 0 Å². The van der Waals surface area contributed by atoms with E-state index in [1.807, 2.05) is 37.3 Å². The van der Waals surface area contributed by atoms with Crippen LogP contribution in [0.2, 0.25) is 5.02 Å². The van der Waals surface area contributed by atoms with E-state index >= 15 is 0 Å². The molecule has 4 rings (SSSR count). The van der Waals surface area contributed by atoms with Gasteiger partial charge in [0.25, 0.3) is 5.91 Å². The molecule has 0 fully saturated rings. The minimum Gasteiger partial charge on any atom is -0.496 e. The number of nitrogens with one attached hydrogen (secondary N) is 1. The van der Waals surface area contributed by atoms with Crippen molar-refractivity contribution in [2.75, 3.05) is 12.4 Å². The van der Waals surface area contributed by atoms with Crippen LogP contribution in [0.3, 0.4) is 0 Å². The van der Waals surface area contributed by atoms with Crippen LogP contribution in [0.1, 0.15) is 15.9 Å². The minimum atomic E-state index is -0.336. The van der Waals surface area contributed by atoms with E-state index in [0.717, 1.165) is 11.1 Å². The van der Waals surface area contributed by atoms with Crippen LogP contribution >= 0.6 is 11.6 Å². The molecule has 0 aliphatic carbocycles. The predicted octanol–water partition coefficient (Wildman–Crippen LogP) is 5.63. The standard InChI is InChI=1S/C23H18ClN3O3/c1-14-6-8-15(9-7-14)22-26-27-23(30-22)16-4-3-5-18(12-16)25-21(28)19-13-17(24)10-11-20(19)29-2/h3-13H,1-2H3,(H,25,28). The SMILES string of the molecule is COc1ccc(Cl)cc1C(=O)Nc1cccc(-c2nnc(-c3ccc(C)cc3)o2)c1. The Bertz CT molecular complexity index is 1200. The molecule has 3 aromatic carbocycles. The van der Waals surface area contributed by atoms with Crippen molar-refractivity contribution in [3.05, 3.63) is 82.9 Å². The van der Waals surface area contributed by atoms with Crippen LogP contribution in [0.4, 0.5) is 5.69 Å². The van der Waals surface area contributed by atoms with Gasteiger partial charge in [0.1, 0.15) is 5.75 Å². The van der Waals surface area contributed by atoms with Gasteiger partial charge in [-0.2, -0.15) is 0 Å². The fraction of sp³-hybridized carbons (Fsp3) is 0.0870. The van der Waals surface area contributed by atoms with E-state index in [9.17, 15) is 4.79 Å². The van der Waals surface area contributed by atoms with E-state index in [1.54, 1.807) is 36.4 Å². The van der Waals surface area contributed by atoms with Gasteiger partial charge in [0.2, 0.25) is 11.8 Å². The van der Waals surface area contributed by atoms with Crippen LogP contribution in [0.25, 0.3) is 22.9 Å². The second-order valence-electron chi connectivity index (χ2n) is 6.66. The van der Waals surface area contributed by atoms with Gasteiger partial charge in [0.15, 0.2) is 0 Å². The molecule has 0 unspecified atom stereocenters. The van der Waals surface area contributed by atoms with E-state index in [0.29, 0.717) is 39.4 Å². The Morgan fingerprint density at radius 1 is 0.967 bits per heavy atom. The summed E-state index contributed by atoms with van der Waals surface area (Å²) in [5.41, 5.74) is 3.61. The monoisotopic (exact) mass is 419 g/mol. The van der Waals surface area contributed by atoms with Gasteiger partial charge in [0, 0.05) is 21.8 Å². The Hall–Kier alpha value is -3.64. The number of nitrogens with zero attached hydrogens (tertiary/aromatic N) is 2. The Labute approximate surface area is 178 Å². The van der Waals surface area contributed by atoms with Crippen LogP contribution in [0.5, 0.6) is 5.75 Å². The third-order valence-corrected chi connectivity index (χ3v) is 4.73. The highest BCUT2D eigenvalue weighted by Crippen LogP contribution is 2.27. The number of rotatable bonds is 5. The molecule has 150 valence electrons. The van der Waals surface area contributed by atoms with Crippen LogP contribution in [0.15, 0.2) is 71.1 Å². The molecule has 1 heterocycles. The average Bonchev–Trinajstić information content (AvgIpc) is 3.25. The summed E-state index contributed by atoms with van der Waals surface area (Å²) in [6.45, 7) is 2.02. The number of carbonyl (C=O) groups excluding carboxylic acids is 1. The van der Waals surface area contributed by atoms with Gasteiger partial charge in [-0.15, -0.1) is 10.2 Å². The molecule has 1 N–H and O–H groups in total. The van der Waals surface area contributed by atoms with E-state index < -0.39 is 0 Å². The van der Waals surface area contributed by atoms with E-state index in [4.69, 9.17) is 20.8 Å². The lowest BCUT2D eigenvalue weighted by Gasteiger charge is -2.10. The van der Waals surface area contributed by atoms with Gasteiger partial charge in [-0.05, 0) is 55.5 Å². The largest absolute Gasteiger partial charge is 0.496 e. The molecule has 0 radical (unpaired) electrons. The van der Waals surface area contributed by atoms with Gasteiger partial charge in [0.05, 0.1) is 12.7 Å². The van der Waals surface area contributed by atoms with Gasteiger partial charge in [-0.1, -0.05) is 35.4 Å². The molecule has 0 saturated heterocycles. The summed E-state index contributed by atoms with van der Waals surface area (Å²) >= 11 is 6.02. The molecule has 0 aliphatic rings. The van der Waals surface area contributed by atoms with Crippen molar-refractivity contribution in [3.63, 3.8) is 0 Å². The zero-order chi connectivity index (χ0) is 21.1. The number of halogens is 1. The summed E-state index contributed by atoms with van der Waals surface area (Å²) in [6, 6.07) is 19.9. The van der Waals surface area contributed by atoms with Crippen molar-refractivity contribution < 1.29 is 13.9 Å². The molecule has 7 heteroatoms. The quantitative estimate of drug-likeness (QED) is 0.453. The average molecular weight is 420 g/mol. The number of methoxy groups -OCH3 is 1. The van der Waals surface area contributed by atoms with Crippen molar-refractivity contribution >= 4 is 23.2 Å². The molecule has 4 aromatic rings. The summed E-state index contributed by atoms with van der Waals surface area (Å²) < 4.78 is 11.1. The van der Waals surface area contributed by atoms with E-state index in [-0.39, 0.29) is 5.91 Å². The van der Waals surface area contributed by atoms with Crippen molar-refractivity contribution in [2.45, 2.75) is 6.92 Å². The summed E-state index contributed by atoms with van der Waals surface area (Å²) in [4.78, 5) is 12.7. The third-order valence-electron chi connectivity index (χ3n) is 4.50. The van der Waals surface area contributed by atoms with Crippen molar-refractivity contribution in [1.29, 1.82) is 0 Å². The molecule has 1 amide bonds. The first kappa shape index (κ1) is 19.7. The topological polar surface area (TPSA) is 77.2 Å². The number of amides is 1. The van der Waals surface area contributed by atoms with Gasteiger partial charge in [-0.25, -0.2) is 0 Å². The summed E-state index contributed by atoms with van der Waals surface area (Å²) in [5.74, 6) is 0.898. The second-order valence-corrected chi connectivity index (χ2v) is 7.09. The van der Waals surface area contributed by atoms with Crippen LogP contribution in [0, 0.1) is 6.92 Å². The molecule has 1 aromatic heterocycles. The Morgan fingerprint density at radius 2 is 1.70 bits per heavy atom. The number of aryl methyl sites for hydroxylation is 1. The highest BCUT2D eigenvalue weighted by Gasteiger charge is 2.15. The third kappa shape index (κ3) is 4.18. The van der Waals surface area contributed by atoms with Crippen LogP contribution < -0.4 is 10.1 Å². The molecule has 0 bridgehead atoms.